The van der Waals surface area contributed by atoms with Gasteiger partial charge in [0.05, 0.1) is 21.9 Å². The van der Waals surface area contributed by atoms with E-state index < -0.39 is 0 Å². The standard InChI is InChI=1S/C20H14ClN3O3S/c21-12-3-1-2-4-13(12)23-19(25)18-17(22)11-7-10-8-15-16(27-6-5-26-15)9-14(10)24-20(11)28-18/h1-4,7-9H,5-6,22H2,(H,23,25). The van der Waals surface area contributed by atoms with Crippen LogP contribution in [0.25, 0.3) is 21.1 Å². The highest BCUT2D eigenvalue weighted by atomic mass is 35.5. The van der Waals surface area contributed by atoms with Crippen molar-refractivity contribution in [2.45, 2.75) is 0 Å². The monoisotopic (exact) mass is 411 g/mol. The number of ether oxygens (including phenoxy) is 2. The number of thiophene rings is 1. The first kappa shape index (κ1) is 17.1. The highest BCUT2D eigenvalue weighted by Crippen LogP contribution is 2.39. The first-order valence-electron chi connectivity index (χ1n) is 8.58. The predicted molar refractivity (Wildman–Crippen MR) is 112 cm³/mol. The van der Waals surface area contributed by atoms with E-state index >= 15 is 0 Å². The third kappa shape index (κ3) is 2.80. The van der Waals surface area contributed by atoms with Gasteiger partial charge in [-0.2, -0.15) is 0 Å². The minimum Gasteiger partial charge on any atom is -0.486 e. The quantitative estimate of drug-likeness (QED) is 0.499. The Balaban J connectivity index is 1.58. The Bertz CT molecular complexity index is 1250. The van der Waals surface area contributed by atoms with Crippen molar-refractivity contribution in [1.29, 1.82) is 0 Å². The zero-order chi connectivity index (χ0) is 19.3. The number of carbonyl (C=O) groups excluding carboxylic acids is 1. The van der Waals surface area contributed by atoms with Crippen LogP contribution >= 0.6 is 22.9 Å². The molecule has 5 rings (SSSR count). The van der Waals surface area contributed by atoms with Crippen molar-refractivity contribution in [2.75, 3.05) is 24.3 Å². The maximum atomic E-state index is 12.8. The lowest BCUT2D eigenvalue weighted by atomic mass is 10.1. The summed E-state index contributed by atoms with van der Waals surface area (Å²) in [7, 11) is 0. The topological polar surface area (TPSA) is 86.5 Å². The first-order chi connectivity index (χ1) is 13.6. The van der Waals surface area contributed by atoms with Gasteiger partial charge in [-0.25, -0.2) is 4.98 Å². The molecule has 140 valence electrons. The summed E-state index contributed by atoms with van der Waals surface area (Å²) in [6.45, 7) is 1.03. The van der Waals surface area contributed by atoms with E-state index in [1.165, 1.54) is 11.3 Å². The molecule has 0 radical (unpaired) electrons. The van der Waals surface area contributed by atoms with E-state index in [4.69, 9.17) is 26.8 Å². The summed E-state index contributed by atoms with van der Waals surface area (Å²) >= 11 is 7.37. The molecular formula is C20H14ClN3O3S. The molecule has 8 heteroatoms. The van der Waals surface area contributed by atoms with Gasteiger partial charge >= 0.3 is 0 Å². The number of halogens is 1. The molecule has 6 nitrogen and oxygen atoms in total. The smallest absolute Gasteiger partial charge is 0.267 e. The molecule has 2 aromatic carbocycles. The molecule has 0 saturated carbocycles. The number of carbonyl (C=O) groups is 1. The van der Waals surface area contributed by atoms with Crippen LogP contribution in [0.4, 0.5) is 11.4 Å². The molecule has 1 aliphatic heterocycles. The lowest BCUT2D eigenvalue weighted by Crippen LogP contribution is -2.15. The molecule has 0 bridgehead atoms. The van der Waals surface area contributed by atoms with E-state index in [0.29, 0.717) is 50.8 Å². The Morgan fingerprint density at radius 3 is 2.68 bits per heavy atom. The number of nitrogens with zero attached hydrogens (tertiary/aromatic N) is 1. The largest absolute Gasteiger partial charge is 0.486 e. The molecule has 4 aromatic rings. The van der Waals surface area contributed by atoms with Crippen LogP contribution in [0.15, 0.2) is 42.5 Å². The van der Waals surface area contributed by atoms with Gasteiger partial charge in [0.15, 0.2) is 11.5 Å². The van der Waals surface area contributed by atoms with Gasteiger partial charge in [-0.15, -0.1) is 11.3 Å². The second-order valence-electron chi connectivity index (χ2n) is 6.31. The van der Waals surface area contributed by atoms with Gasteiger partial charge in [0.25, 0.3) is 5.91 Å². The molecule has 3 heterocycles. The molecular weight excluding hydrogens is 398 g/mol. The van der Waals surface area contributed by atoms with Crippen molar-refractivity contribution < 1.29 is 14.3 Å². The number of hydrogen-bond donors (Lipinski definition) is 2. The van der Waals surface area contributed by atoms with Crippen LogP contribution in [0, 0.1) is 0 Å². The number of fused-ring (bicyclic) bond motifs is 3. The minimum atomic E-state index is -0.316. The number of amides is 1. The summed E-state index contributed by atoms with van der Waals surface area (Å²) in [6, 6.07) is 12.7. The van der Waals surface area contributed by atoms with Crippen LogP contribution in [0.5, 0.6) is 11.5 Å². The van der Waals surface area contributed by atoms with Crippen LogP contribution < -0.4 is 20.5 Å². The third-order valence-electron chi connectivity index (χ3n) is 4.51. The van der Waals surface area contributed by atoms with E-state index in [2.05, 4.69) is 10.3 Å². The average Bonchev–Trinajstić information content (AvgIpc) is 3.02. The number of aromatic nitrogens is 1. The zero-order valence-electron chi connectivity index (χ0n) is 14.5. The van der Waals surface area contributed by atoms with Gasteiger partial charge in [-0.1, -0.05) is 23.7 Å². The summed E-state index contributed by atoms with van der Waals surface area (Å²) in [5, 5.41) is 4.88. The fraction of sp³-hybridized carbons (Fsp3) is 0.100. The van der Waals surface area contributed by atoms with E-state index in [9.17, 15) is 4.79 Å². The number of anilines is 2. The lowest BCUT2D eigenvalue weighted by Gasteiger charge is -2.18. The molecule has 0 atom stereocenters. The van der Waals surface area contributed by atoms with Crippen LogP contribution in [-0.4, -0.2) is 24.1 Å². The van der Waals surface area contributed by atoms with E-state index in [1.807, 2.05) is 18.2 Å². The summed E-state index contributed by atoms with van der Waals surface area (Å²) in [6.07, 6.45) is 0. The molecule has 0 fully saturated rings. The number of benzene rings is 2. The molecule has 0 aliphatic carbocycles. The number of para-hydroxylation sites is 1. The number of nitrogens with two attached hydrogens (primary N) is 1. The number of nitrogens with one attached hydrogen (secondary N) is 1. The summed E-state index contributed by atoms with van der Waals surface area (Å²) in [5.74, 6) is 1.04. The average molecular weight is 412 g/mol. The van der Waals surface area contributed by atoms with Crippen molar-refractivity contribution in [3.8, 4) is 11.5 Å². The van der Waals surface area contributed by atoms with E-state index in [1.54, 1.807) is 24.3 Å². The Labute approximate surface area is 168 Å². The summed E-state index contributed by atoms with van der Waals surface area (Å²) < 4.78 is 11.3. The van der Waals surface area contributed by atoms with Gasteiger partial charge in [-0.3, -0.25) is 4.79 Å². The lowest BCUT2D eigenvalue weighted by molar-refractivity contribution is 0.103. The van der Waals surface area contributed by atoms with Gasteiger partial charge < -0.3 is 20.5 Å². The fourth-order valence-electron chi connectivity index (χ4n) is 3.15. The Hall–Kier alpha value is -3.03. The van der Waals surface area contributed by atoms with Crippen LogP contribution in [0.3, 0.4) is 0 Å². The van der Waals surface area contributed by atoms with Crippen molar-refractivity contribution in [3.05, 3.63) is 52.4 Å². The normalized spacial score (nSPS) is 13.0. The van der Waals surface area contributed by atoms with Gasteiger partial charge in [0, 0.05) is 16.8 Å². The molecule has 3 N–H and O–H groups in total. The van der Waals surface area contributed by atoms with Gasteiger partial charge in [0.1, 0.15) is 22.9 Å². The molecule has 1 aliphatic rings. The predicted octanol–water partition coefficient (Wildman–Crippen LogP) is 4.71. The molecule has 2 aromatic heterocycles. The zero-order valence-corrected chi connectivity index (χ0v) is 16.1. The Morgan fingerprint density at radius 1 is 1.14 bits per heavy atom. The number of rotatable bonds is 2. The van der Waals surface area contributed by atoms with E-state index in [-0.39, 0.29) is 5.91 Å². The molecule has 1 amide bonds. The SMILES string of the molecule is Nc1c(C(=O)Nc2ccccc2Cl)sc2nc3cc4c(cc3cc12)OCCO4. The maximum absolute atomic E-state index is 12.8. The second kappa shape index (κ2) is 6.54. The van der Waals surface area contributed by atoms with Crippen LogP contribution in [0.1, 0.15) is 9.67 Å². The second-order valence-corrected chi connectivity index (χ2v) is 7.71. The molecule has 0 unspecified atom stereocenters. The molecule has 28 heavy (non-hydrogen) atoms. The number of hydrogen-bond acceptors (Lipinski definition) is 6. The van der Waals surface area contributed by atoms with Crippen molar-refractivity contribution >= 4 is 61.3 Å². The van der Waals surface area contributed by atoms with Crippen molar-refractivity contribution in [2.24, 2.45) is 0 Å². The van der Waals surface area contributed by atoms with E-state index in [0.717, 1.165) is 16.3 Å². The Kier molecular flexibility index (Phi) is 3.99. The summed E-state index contributed by atoms with van der Waals surface area (Å²) in [4.78, 5) is 18.5. The van der Waals surface area contributed by atoms with Crippen LogP contribution in [-0.2, 0) is 0 Å². The van der Waals surface area contributed by atoms with Crippen LogP contribution in [0.2, 0.25) is 5.02 Å². The molecule has 0 saturated heterocycles. The van der Waals surface area contributed by atoms with Gasteiger partial charge in [-0.05, 0) is 24.3 Å². The Morgan fingerprint density at radius 2 is 1.89 bits per heavy atom. The highest BCUT2D eigenvalue weighted by Gasteiger charge is 2.20. The number of nitrogen functional groups attached to an aromatic ring is 1. The van der Waals surface area contributed by atoms with Crippen molar-refractivity contribution in [1.82, 2.24) is 4.98 Å². The maximum Gasteiger partial charge on any atom is 0.267 e. The third-order valence-corrected chi connectivity index (χ3v) is 5.95. The van der Waals surface area contributed by atoms with Crippen molar-refractivity contribution in [3.63, 3.8) is 0 Å². The fourth-order valence-corrected chi connectivity index (χ4v) is 4.31. The summed E-state index contributed by atoms with van der Waals surface area (Å²) in [5.41, 5.74) is 7.97. The number of pyridine rings is 1. The minimum absolute atomic E-state index is 0.316. The highest BCUT2D eigenvalue weighted by molar-refractivity contribution is 7.21. The first-order valence-corrected chi connectivity index (χ1v) is 9.78. The molecule has 0 spiro atoms. The van der Waals surface area contributed by atoms with Gasteiger partial charge in [0.2, 0.25) is 0 Å².